The van der Waals surface area contributed by atoms with Crippen LogP contribution >= 0.6 is 15.9 Å². The zero-order valence-corrected chi connectivity index (χ0v) is 19.2. The Morgan fingerprint density at radius 3 is 2.70 bits per heavy atom. The number of ether oxygens (including phenoxy) is 1. The molecular formula is C23H19BrN4O5. The van der Waals surface area contributed by atoms with Crippen LogP contribution in [0.4, 0.5) is 11.4 Å². The standard InChI is InChI=1S/C23H19BrN4O5/c1-23(15-6-5-7-16(12-15)28(31)32)26-19-9-4-3-8-17(19)22(30)27(23)25-13-14-10-18(24)21(29)20(11-14)33-2/h3-13,26,29H,1-2H3/b25-13+. The van der Waals surface area contributed by atoms with Gasteiger partial charge in [0.05, 0.1) is 28.3 Å². The van der Waals surface area contributed by atoms with Crippen molar-refractivity contribution in [3.63, 3.8) is 0 Å². The lowest BCUT2D eigenvalue weighted by atomic mass is 9.95. The van der Waals surface area contributed by atoms with E-state index in [9.17, 15) is 20.0 Å². The number of phenols is 1. The minimum Gasteiger partial charge on any atom is -0.503 e. The molecule has 1 aliphatic heterocycles. The Balaban J connectivity index is 1.83. The van der Waals surface area contributed by atoms with Crippen molar-refractivity contribution >= 4 is 39.4 Å². The number of halogens is 1. The molecule has 4 rings (SSSR count). The zero-order chi connectivity index (χ0) is 23.8. The monoisotopic (exact) mass is 510 g/mol. The topological polar surface area (TPSA) is 117 Å². The molecule has 3 aromatic rings. The molecule has 0 bridgehead atoms. The second kappa shape index (κ2) is 8.55. The molecule has 1 aliphatic rings. The molecule has 2 N–H and O–H groups in total. The maximum absolute atomic E-state index is 13.5. The Kier molecular flexibility index (Phi) is 5.77. The van der Waals surface area contributed by atoms with Gasteiger partial charge in [-0.25, -0.2) is 0 Å². The summed E-state index contributed by atoms with van der Waals surface area (Å²) in [5.41, 5.74) is 0.745. The van der Waals surface area contributed by atoms with Crippen LogP contribution in [0.5, 0.6) is 11.5 Å². The van der Waals surface area contributed by atoms with Crippen molar-refractivity contribution in [2.24, 2.45) is 5.10 Å². The first-order valence-electron chi connectivity index (χ1n) is 9.82. The number of rotatable bonds is 5. The average molecular weight is 511 g/mol. The van der Waals surface area contributed by atoms with E-state index in [1.807, 2.05) is 0 Å². The predicted octanol–water partition coefficient (Wildman–Crippen LogP) is 4.85. The number of aromatic hydroxyl groups is 1. The van der Waals surface area contributed by atoms with Crippen molar-refractivity contribution in [1.29, 1.82) is 0 Å². The molecule has 0 aliphatic carbocycles. The van der Waals surface area contributed by atoms with Gasteiger partial charge in [-0.1, -0.05) is 24.3 Å². The van der Waals surface area contributed by atoms with E-state index in [0.29, 0.717) is 26.9 Å². The van der Waals surface area contributed by atoms with Gasteiger partial charge < -0.3 is 15.2 Å². The third-order valence-corrected chi connectivity index (χ3v) is 5.97. The van der Waals surface area contributed by atoms with Crippen molar-refractivity contribution < 1.29 is 19.6 Å². The molecule has 10 heteroatoms. The number of non-ortho nitro benzene ring substituents is 1. The molecule has 1 atom stereocenters. The Labute approximate surface area is 197 Å². The average Bonchev–Trinajstić information content (AvgIpc) is 2.81. The van der Waals surface area contributed by atoms with Crippen LogP contribution in [0.1, 0.15) is 28.4 Å². The van der Waals surface area contributed by atoms with Crippen molar-refractivity contribution in [1.82, 2.24) is 5.01 Å². The van der Waals surface area contributed by atoms with Gasteiger partial charge in [-0.3, -0.25) is 14.9 Å². The lowest BCUT2D eigenvalue weighted by Gasteiger charge is -2.43. The summed E-state index contributed by atoms with van der Waals surface area (Å²) in [5.74, 6) is -0.194. The first-order valence-corrected chi connectivity index (χ1v) is 10.6. The highest BCUT2D eigenvalue weighted by Crippen LogP contribution is 2.39. The number of para-hydroxylation sites is 1. The highest BCUT2D eigenvalue weighted by atomic mass is 79.9. The fourth-order valence-corrected chi connectivity index (χ4v) is 4.10. The van der Waals surface area contributed by atoms with Gasteiger partial charge in [0.2, 0.25) is 0 Å². The number of nitrogens with one attached hydrogen (secondary N) is 1. The number of hydrogen-bond donors (Lipinski definition) is 2. The molecule has 9 nitrogen and oxygen atoms in total. The summed E-state index contributed by atoms with van der Waals surface area (Å²) in [7, 11) is 1.43. The van der Waals surface area contributed by atoms with E-state index < -0.39 is 10.6 Å². The van der Waals surface area contributed by atoms with E-state index in [1.165, 1.54) is 30.5 Å². The van der Waals surface area contributed by atoms with Gasteiger partial charge in [0, 0.05) is 23.4 Å². The van der Waals surface area contributed by atoms with Crippen LogP contribution in [0, 0.1) is 10.1 Å². The van der Waals surface area contributed by atoms with Crippen molar-refractivity contribution in [3.8, 4) is 11.5 Å². The summed E-state index contributed by atoms with van der Waals surface area (Å²) in [6.45, 7) is 1.73. The fraction of sp³-hybridized carbons (Fsp3) is 0.130. The molecule has 1 unspecified atom stereocenters. The quantitative estimate of drug-likeness (QED) is 0.288. The van der Waals surface area contributed by atoms with E-state index >= 15 is 0 Å². The molecule has 0 radical (unpaired) electrons. The lowest BCUT2D eigenvalue weighted by molar-refractivity contribution is -0.385. The largest absolute Gasteiger partial charge is 0.503 e. The van der Waals surface area contributed by atoms with Gasteiger partial charge >= 0.3 is 0 Å². The summed E-state index contributed by atoms with van der Waals surface area (Å²) < 4.78 is 5.57. The number of nitrogens with zero attached hydrogens (tertiary/aromatic N) is 3. The van der Waals surface area contributed by atoms with Crippen LogP contribution in [0.15, 0.2) is 70.2 Å². The number of fused-ring (bicyclic) bond motifs is 1. The maximum atomic E-state index is 13.5. The molecular weight excluding hydrogens is 492 g/mol. The van der Waals surface area contributed by atoms with Crippen LogP contribution < -0.4 is 10.1 Å². The number of phenolic OH excluding ortho intramolecular Hbond substituents is 1. The molecule has 0 aromatic heterocycles. The Hall–Kier alpha value is -3.92. The first-order chi connectivity index (χ1) is 15.7. The van der Waals surface area contributed by atoms with Gasteiger partial charge in [-0.15, -0.1) is 0 Å². The van der Waals surface area contributed by atoms with E-state index in [-0.39, 0.29) is 23.1 Å². The lowest BCUT2D eigenvalue weighted by Crippen LogP contribution is -2.53. The summed E-state index contributed by atoms with van der Waals surface area (Å²) in [5, 5.41) is 30.4. The Bertz CT molecular complexity index is 1300. The van der Waals surface area contributed by atoms with E-state index in [0.717, 1.165) is 0 Å². The summed E-state index contributed by atoms with van der Waals surface area (Å²) in [4.78, 5) is 24.3. The van der Waals surface area contributed by atoms with E-state index in [2.05, 4.69) is 26.3 Å². The molecule has 168 valence electrons. The molecule has 3 aromatic carbocycles. The summed E-state index contributed by atoms with van der Waals surface area (Å²) in [6, 6.07) is 16.3. The number of benzene rings is 3. The normalized spacial score (nSPS) is 17.5. The van der Waals surface area contributed by atoms with Crippen LogP contribution in [-0.2, 0) is 5.66 Å². The Morgan fingerprint density at radius 2 is 1.97 bits per heavy atom. The number of anilines is 1. The number of nitro benzene ring substituents is 1. The second-order valence-electron chi connectivity index (χ2n) is 7.47. The maximum Gasteiger partial charge on any atom is 0.278 e. The van der Waals surface area contributed by atoms with Crippen molar-refractivity contribution in [3.05, 3.63) is 91.9 Å². The van der Waals surface area contributed by atoms with Gasteiger partial charge in [0.25, 0.3) is 11.6 Å². The SMILES string of the molecule is COc1cc(/C=N/N2C(=O)c3ccccc3NC2(C)c2cccc([N+](=O)[O-])c2)cc(Br)c1O. The molecule has 0 saturated heterocycles. The van der Waals surface area contributed by atoms with Crippen molar-refractivity contribution in [2.45, 2.75) is 12.6 Å². The minimum atomic E-state index is -1.22. The molecule has 0 saturated carbocycles. The molecule has 1 amide bonds. The van der Waals surface area contributed by atoms with E-state index in [1.54, 1.807) is 55.5 Å². The minimum absolute atomic E-state index is 0.0549. The molecule has 0 fully saturated rings. The zero-order valence-electron chi connectivity index (χ0n) is 17.7. The van der Waals surface area contributed by atoms with Gasteiger partial charge in [-0.2, -0.15) is 10.1 Å². The van der Waals surface area contributed by atoms with Gasteiger partial charge in [-0.05, 0) is 52.7 Å². The van der Waals surface area contributed by atoms with Gasteiger partial charge in [0.15, 0.2) is 17.2 Å². The predicted molar refractivity (Wildman–Crippen MR) is 127 cm³/mol. The van der Waals surface area contributed by atoms with Crippen molar-refractivity contribution in [2.75, 3.05) is 12.4 Å². The van der Waals surface area contributed by atoms with Gasteiger partial charge in [0.1, 0.15) is 0 Å². The number of carbonyl (C=O) groups is 1. The number of hydrazone groups is 1. The summed E-state index contributed by atoms with van der Waals surface area (Å²) in [6.07, 6.45) is 1.45. The highest BCUT2D eigenvalue weighted by Gasteiger charge is 2.43. The number of nitro groups is 1. The Morgan fingerprint density at radius 1 is 1.21 bits per heavy atom. The first kappa shape index (κ1) is 22.3. The molecule has 33 heavy (non-hydrogen) atoms. The van der Waals surface area contributed by atoms with Crippen LogP contribution in [-0.4, -0.2) is 34.3 Å². The van der Waals surface area contributed by atoms with Crippen LogP contribution in [0.3, 0.4) is 0 Å². The smallest absolute Gasteiger partial charge is 0.278 e. The van der Waals surface area contributed by atoms with E-state index in [4.69, 9.17) is 4.74 Å². The highest BCUT2D eigenvalue weighted by molar-refractivity contribution is 9.10. The van der Waals surface area contributed by atoms with Crippen LogP contribution in [0.25, 0.3) is 0 Å². The number of hydrogen-bond acceptors (Lipinski definition) is 7. The molecule has 0 spiro atoms. The van der Waals surface area contributed by atoms with Crippen LogP contribution in [0.2, 0.25) is 0 Å². The third-order valence-electron chi connectivity index (χ3n) is 5.36. The third kappa shape index (κ3) is 4.00. The fourth-order valence-electron chi connectivity index (χ4n) is 3.64. The number of carbonyl (C=O) groups excluding carboxylic acids is 1. The second-order valence-corrected chi connectivity index (χ2v) is 8.32. The number of methoxy groups -OCH3 is 1. The number of amides is 1. The molecule has 1 heterocycles. The summed E-state index contributed by atoms with van der Waals surface area (Å²) >= 11 is 3.27.